The lowest BCUT2D eigenvalue weighted by atomic mass is 9.85. The second kappa shape index (κ2) is 7.13. The molecule has 1 saturated carbocycles. The van der Waals surface area contributed by atoms with Crippen LogP contribution in [-0.4, -0.2) is 84.7 Å². The van der Waals surface area contributed by atoms with E-state index in [1.807, 2.05) is 11.9 Å². The smallest absolute Gasteiger partial charge is 0.312 e. The van der Waals surface area contributed by atoms with Gasteiger partial charge in [0.1, 0.15) is 30.2 Å². The van der Waals surface area contributed by atoms with Crippen LogP contribution in [0.2, 0.25) is 0 Å². The fourth-order valence-electron chi connectivity index (χ4n) is 3.87. The highest BCUT2D eigenvalue weighted by Gasteiger charge is 2.45. The quantitative estimate of drug-likeness (QED) is 0.391. The topological polar surface area (TPSA) is 178 Å². The number of rotatable bonds is 5. The summed E-state index contributed by atoms with van der Waals surface area (Å²) in [5, 5.41) is 23.7. The minimum absolute atomic E-state index is 0.0696. The van der Waals surface area contributed by atoms with E-state index in [1.54, 1.807) is 4.57 Å². The number of nitrogen functional groups attached to an aromatic ring is 1. The zero-order valence-electron chi connectivity index (χ0n) is 15.3. The summed E-state index contributed by atoms with van der Waals surface area (Å²) in [6, 6.07) is -0.214. The molecule has 2 aromatic rings. The molecule has 12 heteroatoms. The van der Waals surface area contributed by atoms with Crippen molar-refractivity contribution in [1.29, 1.82) is 0 Å². The predicted molar refractivity (Wildman–Crippen MR) is 97.8 cm³/mol. The Hall–Kier alpha value is -2.54. The fourth-order valence-corrected chi connectivity index (χ4v) is 3.87. The minimum Gasteiger partial charge on any atom is -0.387 e. The van der Waals surface area contributed by atoms with Gasteiger partial charge in [-0.2, -0.15) is 0 Å². The Balaban J connectivity index is 1.42. The van der Waals surface area contributed by atoms with Crippen LogP contribution >= 0.6 is 0 Å². The predicted octanol–water partition coefficient (Wildman–Crippen LogP) is -1.84. The van der Waals surface area contributed by atoms with Crippen LogP contribution in [0.25, 0.3) is 11.2 Å². The van der Waals surface area contributed by atoms with Gasteiger partial charge in [0.25, 0.3) is 0 Å². The van der Waals surface area contributed by atoms with Gasteiger partial charge >= 0.3 is 6.03 Å². The summed E-state index contributed by atoms with van der Waals surface area (Å²) in [6.07, 6.45) is 0.692. The van der Waals surface area contributed by atoms with E-state index in [0.29, 0.717) is 17.7 Å². The van der Waals surface area contributed by atoms with Crippen molar-refractivity contribution in [1.82, 2.24) is 29.7 Å². The molecule has 2 fully saturated rings. The van der Waals surface area contributed by atoms with Gasteiger partial charge in [0.2, 0.25) is 0 Å². The standard InChI is InChI=1S/C16H24N8O4/c1-23(8-2-7(3-8)22-16(18)27)4-9-11(25)12(26)15(28-9)24-6-21-10-13(17)19-5-20-14(10)24/h5-9,11-12,15,25-26H,2-4H2,1H3,(H2,17,19,20)(H3,18,22,27)/t7?,8?,9-,11-,12-,15?/m1/s1. The second-order valence-electron chi connectivity index (χ2n) is 7.40. The highest BCUT2D eigenvalue weighted by molar-refractivity contribution is 5.81. The van der Waals surface area contributed by atoms with Gasteiger partial charge in [-0.25, -0.2) is 19.7 Å². The number of carbonyl (C=O) groups is 1. The first-order valence-corrected chi connectivity index (χ1v) is 9.06. The number of aromatic nitrogens is 4. The van der Waals surface area contributed by atoms with Gasteiger partial charge in [0.15, 0.2) is 17.7 Å². The number of nitrogens with two attached hydrogens (primary N) is 2. The van der Waals surface area contributed by atoms with Crippen LogP contribution in [-0.2, 0) is 4.74 Å². The number of aliphatic hydroxyl groups excluding tert-OH is 2. The molecular weight excluding hydrogens is 368 g/mol. The number of anilines is 1. The molecule has 7 N–H and O–H groups in total. The van der Waals surface area contributed by atoms with Crippen LogP contribution in [0.15, 0.2) is 12.7 Å². The number of likely N-dealkylation sites (N-methyl/N-ethyl adjacent to an activating group) is 1. The van der Waals surface area contributed by atoms with Crippen LogP contribution in [0.4, 0.5) is 10.6 Å². The maximum absolute atomic E-state index is 10.9. The molecule has 3 heterocycles. The third-order valence-electron chi connectivity index (χ3n) is 5.55. The summed E-state index contributed by atoms with van der Waals surface area (Å²) in [5.74, 6) is 0.233. The van der Waals surface area contributed by atoms with Crippen molar-refractivity contribution < 1.29 is 19.7 Å². The number of nitrogens with zero attached hydrogens (tertiary/aromatic N) is 5. The zero-order valence-corrected chi connectivity index (χ0v) is 15.3. The summed E-state index contributed by atoms with van der Waals surface area (Å²) in [7, 11) is 1.92. The van der Waals surface area contributed by atoms with Gasteiger partial charge in [0, 0.05) is 18.6 Å². The zero-order chi connectivity index (χ0) is 20.0. The normalized spacial score (nSPS) is 32.6. The SMILES string of the molecule is CN(C[C@H]1OC(n2cnc3c(N)ncnc32)[C@H](O)[C@@H]1O)C1CC(NC(N)=O)C1. The maximum Gasteiger partial charge on any atom is 0.312 e. The third kappa shape index (κ3) is 3.24. The van der Waals surface area contributed by atoms with E-state index in [2.05, 4.69) is 20.3 Å². The molecule has 0 radical (unpaired) electrons. The van der Waals surface area contributed by atoms with Crippen molar-refractivity contribution in [2.24, 2.45) is 5.73 Å². The van der Waals surface area contributed by atoms with E-state index in [1.165, 1.54) is 12.7 Å². The van der Waals surface area contributed by atoms with E-state index in [9.17, 15) is 15.0 Å². The van der Waals surface area contributed by atoms with Crippen molar-refractivity contribution in [3.8, 4) is 0 Å². The van der Waals surface area contributed by atoms with Gasteiger partial charge < -0.3 is 36.6 Å². The minimum atomic E-state index is -1.14. The monoisotopic (exact) mass is 392 g/mol. The molecule has 12 nitrogen and oxygen atoms in total. The van der Waals surface area contributed by atoms with Crippen LogP contribution in [0.1, 0.15) is 19.1 Å². The number of aliphatic hydroxyl groups is 2. The maximum atomic E-state index is 10.9. The van der Waals surface area contributed by atoms with Crippen LogP contribution in [0.5, 0.6) is 0 Å². The second-order valence-corrected chi connectivity index (χ2v) is 7.40. The lowest BCUT2D eigenvalue weighted by Crippen LogP contribution is -2.55. The first kappa shape index (κ1) is 18.8. The van der Waals surface area contributed by atoms with Gasteiger partial charge in [0.05, 0.1) is 6.33 Å². The number of carbonyl (C=O) groups excluding carboxylic acids is 1. The summed E-state index contributed by atoms with van der Waals surface area (Å²) in [4.78, 5) is 25.2. The molecule has 2 aromatic heterocycles. The van der Waals surface area contributed by atoms with Crippen molar-refractivity contribution in [3.05, 3.63) is 12.7 Å². The lowest BCUT2D eigenvalue weighted by Gasteiger charge is -2.42. The molecule has 1 aliphatic heterocycles. The average molecular weight is 392 g/mol. The molecule has 1 unspecified atom stereocenters. The summed E-state index contributed by atoms with van der Waals surface area (Å²) >= 11 is 0. The molecule has 4 atom stereocenters. The van der Waals surface area contributed by atoms with E-state index in [4.69, 9.17) is 16.2 Å². The molecule has 0 bridgehead atoms. The Labute approximate surface area is 160 Å². The first-order chi connectivity index (χ1) is 13.3. The van der Waals surface area contributed by atoms with Crippen molar-refractivity contribution in [2.75, 3.05) is 19.3 Å². The third-order valence-corrected chi connectivity index (χ3v) is 5.55. The number of amides is 2. The number of primary amides is 1. The van der Waals surface area contributed by atoms with E-state index in [0.717, 1.165) is 12.8 Å². The number of hydrogen-bond donors (Lipinski definition) is 5. The molecule has 1 aliphatic carbocycles. The van der Waals surface area contributed by atoms with Crippen molar-refractivity contribution >= 4 is 23.0 Å². The van der Waals surface area contributed by atoms with Crippen molar-refractivity contribution in [3.63, 3.8) is 0 Å². The molecule has 2 aliphatic rings. The van der Waals surface area contributed by atoms with E-state index in [-0.39, 0.29) is 17.9 Å². The highest BCUT2D eigenvalue weighted by atomic mass is 16.6. The van der Waals surface area contributed by atoms with Crippen LogP contribution in [0.3, 0.4) is 0 Å². The fraction of sp³-hybridized carbons (Fsp3) is 0.625. The molecule has 0 aromatic carbocycles. The number of imidazole rings is 1. The van der Waals surface area contributed by atoms with Gasteiger partial charge in [-0.05, 0) is 19.9 Å². The molecule has 4 rings (SSSR count). The van der Waals surface area contributed by atoms with Gasteiger partial charge in [-0.15, -0.1) is 0 Å². The Morgan fingerprint density at radius 3 is 2.82 bits per heavy atom. The number of hydrogen-bond acceptors (Lipinski definition) is 9. The molecule has 28 heavy (non-hydrogen) atoms. The average Bonchev–Trinajstić information content (AvgIpc) is 3.15. The summed E-state index contributed by atoms with van der Waals surface area (Å²) in [6.45, 7) is 0.423. The Morgan fingerprint density at radius 2 is 2.11 bits per heavy atom. The summed E-state index contributed by atoms with van der Waals surface area (Å²) < 4.78 is 7.50. The molecule has 2 amide bonds. The van der Waals surface area contributed by atoms with E-state index >= 15 is 0 Å². The van der Waals surface area contributed by atoms with E-state index < -0.39 is 30.6 Å². The number of urea groups is 1. The van der Waals surface area contributed by atoms with Crippen molar-refractivity contribution in [2.45, 2.75) is 49.5 Å². The largest absolute Gasteiger partial charge is 0.387 e. The number of fused-ring (bicyclic) bond motifs is 1. The Bertz CT molecular complexity index is 869. The number of ether oxygens (including phenoxy) is 1. The highest BCUT2D eigenvalue weighted by Crippen LogP contribution is 2.33. The molecular formula is C16H24N8O4. The van der Waals surface area contributed by atoms with Gasteiger partial charge in [-0.1, -0.05) is 0 Å². The Kier molecular flexibility index (Phi) is 4.79. The number of nitrogens with one attached hydrogen (secondary N) is 1. The summed E-state index contributed by atoms with van der Waals surface area (Å²) in [5.41, 5.74) is 11.8. The molecule has 152 valence electrons. The van der Waals surface area contributed by atoms with Crippen LogP contribution < -0.4 is 16.8 Å². The van der Waals surface area contributed by atoms with Crippen LogP contribution in [0, 0.1) is 0 Å². The molecule has 0 spiro atoms. The van der Waals surface area contributed by atoms with Gasteiger partial charge in [-0.3, -0.25) is 4.57 Å². The lowest BCUT2D eigenvalue weighted by molar-refractivity contribution is -0.0495. The first-order valence-electron chi connectivity index (χ1n) is 9.06. The molecule has 1 saturated heterocycles. The Morgan fingerprint density at radius 1 is 1.36 bits per heavy atom.